The van der Waals surface area contributed by atoms with Crippen LogP contribution in [0.25, 0.3) is 0 Å². The standard InChI is InChI=1S/C27H36N4O2/c1-2-14-29-16-18-30(19-17-29)26(32)20-25-27(33)28-13-15-31(25)21-24(22-9-5-3-6-10-22)23-11-7-4-8-12-23/h3-12,24-25H,2,13-21H2,1H3,(H,28,33). The van der Waals surface area contributed by atoms with Gasteiger partial charge >= 0.3 is 0 Å². The Morgan fingerprint density at radius 1 is 0.939 bits per heavy atom. The topological polar surface area (TPSA) is 55.9 Å². The molecular formula is C27H36N4O2. The minimum absolute atomic E-state index is 0.0286. The molecule has 33 heavy (non-hydrogen) atoms. The van der Waals surface area contributed by atoms with Crippen LogP contribution >= 0.6 is 0 Å². The maximum atomic E-state index is 13.1. The minimum Gasteiger partial charge on any atom is -0.353 e. The molecule has 1 N–H and O–H groups in total. The van der Waals surface area contributed by atoms with Crippen LogP contribution in [0.15, 0.2) is 60.7 Å². The highest BCUT2D eigenvalue weighted by molar-refractivity contribution is 5.89. The number of nitrogens with one attached hydrogen (secondary N) is 1. The molecule has 6 nitrogen and oxygen atoms in total. The molecule has 0 saturated carbocycles. The van der Waals surface area contributed by atoms with E-state index < -0.39 is 6.04 Å². The second kappa shape index (κ2) is 11.4. The summed E-state index contributed by atoms with van der Waals surface area (Å²) in [4.78, 5) is 32.6. The molecule has 2 saturated heterocycles. The largest absolute Gasteiger partial charge is 0.353 e. The van der Waals surface area contributed by atoms with Gasteiger partial charge in [0.1, 0.15) is 0 Å². The summed E-state index contributed by atoms with van der Waals surface area (Å²) in [6.45, 7) is 8.71. The summed E-state index contributed by atoms with van der Waals surface area (Å²) < 4.78 is 0. The Balaban J connectivity index is 1.47. The Kier molecular flexibility index (Phi) is 8.13. The van der Waals surface area contributed by atoms with Gasteiger partial charge < -0.3 is 10.2 Å². The van der Waals surface area contributed by atoms with Crippen molar-refractivity contribution in [3.05, 3.63) is 71.8 Å². The maximum Gasteiger partial charge on any atom is 0.237 e. The summed E-state index contributed by atoms with van der Waals surface area (Å²) in [7, 11) is 0. The van der Waals surface area contributed by atoms with Crippen molar-refractivity contribution in [3.63, 3.8) is 0 Å². The molecule has 2 fully saturated rings. The molecule has 176 valence electrons. The average molecular weight is 449 g/mol. The van der Waals surface area contributed by atoms with E-state index in [0.717, 1.165) is 45.7 Å². The van der Waals surface area contributed by atoms with Crippen LogP contribution < -0.4 is 5.32 Å². The normalized spacial score (nSPS) is 20.1. The average Bonchev–Trinajstić information content (AvgIpc) is 2.86. The number of hydrogen-bond donors (Lipinski definition) is 1. The van der Waals surface area contributed by atoms with Gasteiger partial charge in [-0.25, -0.2) is 0 Å². The molecule has 2 aromatic carbocycles. The summed E-state index contributed by atoms with van der Waals surface area (Å²) in [5.74, 6) is 0.210. The van der Waals surface area contributed by atoms with Crippen LogP contribution in [0.2, 0.25) is 0 Å². The van der Waals surface area contributed by atoms with Gasteiger partial charge in [-0.1, -0.05) is 67.6 Å². The Morgan fingerprint density at radius 3 is 2.12 bits per heavy atom. The molecule has 1 unspecified atom stereocenters. The van der Waals surface area contributed by atoms with Crippen LogP contribution in [0.5, 0.6) is 0 Å². The summed E-state index contributed by atoms with van der Waals surface area (Å²) >= 11 is 0. The van der Waals surface area contributed by atoms with Gasteiger partial charge in [0.25, 0.3) is 0 Å². The third-order valence-corrected chi connectivity index (χ3v) is 6.90. The first-order valence-electron chi connectivity index (χ1n) is 12.3. The van der Waals surface area contributed by atoms with Gasteiger partial charge in [-0.3, -0.25) is 19.4 Å². The smallest absolute Gasteiger partial charge is 0.237 e. The Morgan fingerprint density at radius 2 is 1.55 bits per heavy atom. The van der Waals surface area contributed by atoms with E-state index in [2.05, 4.69) is 70.6 Å². The van der Waals surface area contributed by atoms with Gasteiger partial charge in [-0.05, 0) is 24.1 Å². The van der Waals surface area contributed by atoms with Crippen molar-refractivity contribution in [1.82, 2.24) is 20.0 Å². The SMILES string of the molecule is CCCN1CCN(C(=O)CC2C(=O)NCCN2CC(c2ccccc2)c2ccccc2)CC1. The fourth-order valence-electron chi connectivity index (χ4n) is 5.04. The molecule has 0 radical (unpaired) electrons. The first-order chi connectivity index (χ1) is 16.2. The van der Waals surface area contributed by atoms with Crippen LogP contribution in [-0.4, -0.2) is 84.9 Å². The number of carbonyl (C=O) groups excluding carboxylic acids is 2. The Bertz CT molecular complexity index is 857. The third-order valence-electron chi connectivity index (χ3n) is 6.90. The number of benzene rings is 2. The molecule has 2 aromatic rings. The molecule has 0 aliphatic carbocycles. The molecule has 0 spiro atoms. The van der Waals surface area contributed by atoms with Crippen LogP contribution in [0.1, 0.15) is 36.8 Å². The molecule has 2 aliphatic rings. The van der Waals surface area contributed by atoms with Gasteiger partial charge in [0.15, 0.2) is 0 Å². The van der Waals surface area contributed by atoms with E-state index in [1.54, 1.807) is 0 Å². The molecule has 1 atom stereocenters. The van der Waals surface area contributed by atoms with Gasteiger partial charge in [0.05, 0.1) is 12.5 Å². The van der Waals surface area contributed by atoms with Gasteiger partial charge in [0.2, 0.25) is 11.8 Å². The lowest BCUT2D eigenvalue weighted by Crippen LogP contribution is -2.58. The molecule has 2 aliphatic heterocycles. The predicted octanol–water partition coefficient (Wildman–Crippen LogP) is 2.56. The highest BCUT2D eigenvalue weighted by Gasteiger charge is 2.35. The third kappa shape index (κ3) is 6.01. The van der Waals surface area contributed by atoms with Crippen LogP contribution in [0, 0.1) is 0 Å². The van der Waals surface area contributed by atoms with Crippen molar-refractivity contribution in [3.8, 4) is 0 Å². The predicted molar refractivity (Wildman–Crippen MR) is 131 cm³/mol. The highest BCUT2D eigenvalue weighted by atomic mass is 16.2. The van der Waals surface area contributed by atoms with Gasteiger partial charge in [0, 0.05) is 51.7 Å². The first kappa shape index (κ1) is 23.5. The number of amides is 2. The van der Waals surface area contributed by atoms with E-state index in [1.807, 2.05) is 17.0 Å². The maximum absolute atomic E-state index is 13.1. The van der Waals surface area contributed by atoms with Gasteiger partial charge in [-0.2, -0.15) is 0 Å². The van der Waals surface area contributed by atoms with Crippen molar-refractivity contribution < 1.29 is 9.59 Å². The van der Waals surface area contributed by atoms with E-state index in [9.17, 15) is 9.59 Å². The fraction of sp³-hybridized carbons (Fsp3) is 0.481. The number of nitrogens with zero attached hydrogens (tertiary/aromatic N) is 3. The lowest BCUT2D eigenvalue weighted by atomic mass is 9.90. The summed E-state index contributed by atoms with van der Waals surface area (Å²) in [5.41, 5.74) is 2.46. The zero-order valence-electron chi connectivity index (χ0n) is 19.7. The lowest BCUT2D eigenvalue weighted by molar-refractivity contribution is -0.140. The quantitative estimate of drug-likeness (QED) is 0.675. The number of carbonyl (C=O) groups is 2. The highest BCUT2D eigenvalue weighted by Crippen LogP contribution is 2.27. The summed E-state index contributed by atoms with van der Waals surface area (Å²) in [6.07, 6.45) is 1.38. The number of piperazine rings is 2. The molecule has 0 bridgehead atoms. The summed E-state index contributed by atoms with van der Waals surface area (Å²) in [5, 5.41) is 2.99. The van der Waals surface area contributed by atoms with Crippen molar-refractivity contribution >= 4 is 11.8 Å². The second-order valence-corrected chi connectivity index (χ2v) is 9.10. The minimum atomic E-state index is -0.421. The molecule has 2 amide bonds. The first-order valence-corrected chi connectivity index (χ1v) is 12.3. The monoisotopic (exact) mass is 448 g/mol. The van der Waals surface area contributed by atoms with Crippen molar-refractivity contribution in [1.29, 1.82) is 0 Å². The number of hydrogen-bond acceptors (Lipinski definition) is 4. The van der Waals surface area contributed by atoms with Crippen LogP contribution in [0.3, 0.4) is 0 Å². The van der Waals surface area contributed by atoms with Crippen molar-refractivity contribution in [2.75, 3.05) is 52.4 Å². The molecular weight excluding hydrogens is 412 g/mol. The molecule has 4 rings (SSSR count). The van der Waals surface area contributed by atoms with Crippen molar-refractivity contribution in [2.45, 2.75) is 31.7 Å². The molecule has 0 aromatic heterocycles. The van der Waals surface area contributed by atoms with Crippen LogP contribution in [-0.2, 0) is 9.59 Å². The lowest BCUT2D eigenvalue weighted by Gasteiger charge is -2.39. The zero-order chi connectivity index (χ0) is 23.0. The van der Waals surface area contributed by atoms with E-state index in [1.165, 1.54) is 11.1 Å². The Hall–Kier alpha value is -2.70. The van der Waals surface area contributed by atoms with Crippen molar-refractivity contribution in [2.24, 2.45) is 0 Å². The van der Waals surface area contributed by atoms with Gasteiger partial charge in [-0.15, -0.1) is 0 Å². The molecule has 6 heteroatoms. The zero-order valence-corrected chi connectivity index (χ0v) is 19.7. The van der Waals surface area contributed by atoms with Crippen LogP contribution in [0.4, 0.5) is 0 Å². The summed E-state index contributed by atoms with van der Waals surface area (Å²) in [6, 6.07) is 20.5. The van der Waals surface area contributed by atoms with E-state index in [4.69, 9.17) is 0 Å². The number of rotatable bonds is 8. The molecule has 2 heterocycles. The van der Waals surface area contributed by atoms with E-state index >= 15 is 0 Å². The second-order valence-electron chi connectivity index (χ2n) is 9.10. The fourth-order valence-corrected chi connectivity index (χ4v) is 5.04. The van der Waals surface area contributed by atoms with E-state index in [0.29, 0.717) is 13.1 Å². The Labute approximate surface area is 197 Å². The van der Waals surface area contributed by atoms with E-state index in [-0.39, 0.29) is 24.2 Å².